The van der Waals surface area contributed by atoms with Crippen LogP contribution in [0.2, 0.25) is 0 Å². The first-order valence-corrected chi connectivity index (χ1v) is 42.1. The van der Waals surface area contributed by atoms with E-state index in [4.69, 9.17) is 36.7 Å². The second kappa shape index (κ2) is 40.8. The summed E-state index contributed by atoms with van der Waals surface area (Å²) in [7, 11) is 0. The summed E-state index contributed by atoms with van der Waals surface area (Å²) >= 11 is 0. The van der Waals surface area contributed by atoms with Crippen LogP contribution in [0.3, 0.4) is 0 Å². The van der Waals surface area contributed by atoms with Crippen LogP contribution in [0.25, 0.3) is 27.7 Å². The third kappa shape index (κ3) is 23.4. The molecule has 1 aliphatic heterocycles. The molecule has 5 aliphatic rings. The lowest BCUT2D eigenvalue weighted by atomic mass is 9.77. The van der Waals surface area contributed by atoms with Gasteiger partial charge in [-0.3, -0.25) is 28.8 Å². The van der Waals surface area contributed by atoms with Crippen LogP contribution in [0.15, 0.2) is 213 Å². The quantitative estimate of drug-likeness (QED) is 0.0422. The largest absolute Gasteiger partial charge is 0.511 e. The number of rotatable bonds is 11. The van der Waals surface area contributed by atoms with Crippen molar-refractivity contribution in [3.63, 3.8) is 0 Å². The topological polar surface area (TPSA) is 690 Å². The van der Waals surface area contributed by atoms with Gasteiger partial charge in [-0.1, -0.05) is 13.5 Å². The zero-order chi connectivity index (χ0) is 103. The summed E-state index contributed by atoms with van der Waals surface area (Å²) in [6.07, 6.45) is 0.682. The molecule has 728 valence electrons. The molecule has 7 heterocycles. The van der Waals surface area contributed by atoms with E-state index in [1.807, 2.05) is 0 Å². The molecule has 139 heavy (non-hydrogen) atoms. The van der Waals surface area contributed by atoms with E-state index in [1.54, 1.807) is 41.5 Å². The molecular weight excluding hydrogens is 1830 g/mol. The number of carbonyl (C=O) groups excluding carboxylic acids is 5. The Bertz CT molecular complexity index is 7250. The number of hydrogen-bond acceptors (Lipinski definition) is 39. The Morgan fingerprint density at radius 2 is 0.906 bits per heavy atom. The SMILES string of the molecule is C=C(O/C(O)=C\C)c1c(C)cc(O)c2c1C(=O)c1cc(O)cc(O)c1C2=O.CC(C)=O.C[C@@]1(O)CC(=O)c2c(Cc3cc(O)cc(=O)o3)cc(O)cc2O1.Cc1cc(O)cc(=O)o1.Cc1cc(O)cc(O)c1C(=O)C1C(O)=CC(O)=CC1C.Cc1cc(O)cc2oc3c(c(=O)c12)[C@@](O)(Cc1cc(O)cc(=O)o1)C[C@@H](O)C3.Cc1cc(O)cc2oc3c(c(=O)c12)[C@](O)(Cc1cc(O)cc(=O)o1)C[C@@H](O)C3. The van der Waals surface area contributed by atoms with Crippen molar-refractivity contribution in [1.82, 2.24) is 0 Å². The molecule has 0 saturated carbocycles. The van der Waals surface area contributed by atoms with Gasteiger partial charge in [0.2, 0.25) is 11.6 Å². The number of aromatic hydroxyl groups is 12. The van der Waals surface area contributed by atoms with E-state index in [2.05, 4.69) is 11.0 Å². The zero-order valence-corrected chi connectivity index (χ0v) is 75.6. The van der Waals surface area contributed by atoms with E-state index in [0.29, 0.717) is 33.6 Å². The van der Waals surface area contributed by atoms with Crippen LogP contribution in [0, 0.1) is 46.5 Å². The lowest BCUT2D eigenvalue weighted by Crippen LogP contribution is -2.43. The highest BCUT2D eigenvalue weighted by atomic mass is 16.6. The van der Waals surface area contributed by atoms with Gasteiger partial charge in [0, 0.05) is 129 Å². The second-order valence-corrected chi connectivity index (χ2v) is 33.8. The van der Waals surface area contributed by atoms with E-state index >= 15 is 0 Å². The fourth-order valence-corrected chi connectivity index (χ4v) is 16.9. The molecule has 0 amide bonds. The molecule has 0 spiro atoms. The Morgan fingerprint density at radius 3 is 1.37 bits per heavy atom. The van der Waals surface area contributed by atoms with Crippen LogP contribution in [0.1, 0.15) is 186 Å². The number of aryl methyl sites for hydroxylation is 5. The third-order valence-corrected chi connectivity index (χ3v) is 22.0. The number of fused-ring (bicyclic) bond motifs is 7. The normalized spacial score (nSPS) is 18.6. The predicted molar refractivity (Wildman–Crippen MR) is 489 cm³/mol. The van der Waals surface area contributed by atoms with E-state index < -0.39 is 115 Å². The van der Waals surface area contributed by atoms with Crippen LogP contribution >= 0.6 is 0 Å². The lowest BCUT2D eigenvalue weighted by Gasteiger charge is -2.35. The smallest absolute Gasteiger partial charge is 0.339 e. The molecular formula is C100H94O39. The standard InChI is InChI=1S/2C20H18O8.C20H16O7.C16H14O7.C15H16O5.C6H6O3.C3H6O/c2*1-9-2-10(21)4-14-17(9)19(25)18-15(28-14)5-12(23)7-20(18,26)8-13-3-11(22)6-16(24)27-13;1-4-14(24)27-9(3)15-8(2)5-12(22)17-18(15)19(25)11-6-10(21)7-13(23)16(11)20(17)26;1-16(21)7-12(19)15-8(2-9(17)5-13(15)23-16)3-11-4-10(18)6-14(20)22-11;1-7-3-9(16)5-11(18)13(7)15(20)14-8(2)4-10(17)6-12(14)19;1-4-2-5(7)3-6(8)9-4;1-3(2)4/h2*2-4,6,12,21-23,26H,5,7-8H2,1H3;4-7,21-24H,3H2,1-2H3;2,4-6,17-18,21H,3,7H2,1H3;3-7,13,16-19H,1-2H3;2-3,7H,1H3;1-2H3/b;;14-4-;;;;/t12-,20+;12-,20-;;16-;;;/m00.0.../s1. The van der Waals surface area contributed by atoms with E-state index in [0.717, 1.165) is 48.5 Å². The van der Waals surface area contributed by atoms with Crippen LogP contribution in [-0.4, -0.2) is 149 Å². The van der Waals surface area contributed by atoms with Crippen molar-refractivity contribution in [2.24, 2.45) is 11.8 Å². The molecule has 0 saturated heterocycles. The number of carbonyl (C=O) groups is 5. The highest BCUT2D eigenvalue weighted by Crippen LogP contribution is 2.47. The van der Waals surface area contributed by atoms with Gasteiger partial charge in [0.1, 0.15) is 155 Å². The molecule has 0 bridgehead atoms. The Hall–Kier alpha value is -16.8. The Labute approximate surface area is 783 Å². The molecule has 39 heteroatoms. The fraction of sp³-hybridized carbons (Fsp3) is 0.250. The summed E-state index contributed by atoms with van der Waals surface area (Å²) in [6, 6.07) is 22.4. The van der Waals surface area contributed by atoms with Gasteiger partial charge in [-0.05, 0) is 138 Å². The van der Waals surface area contributed by atoms with Crippen molar-refractivity contribution in [2.45, 2.75) is 150 Å². The van der Waals surface area contributed by atoms with Gasteiger partial charge in [0.15, 0.2) is 28.2 Å². The van der Waals surface area contributed by atoms with Gasteiger partial charge in [0.25, 0.3) is 5.95 Å². The first-order chi connectivity index (χ1) is 64.9. The number of phenols is 8. The molecule has 20 N–H and O–H groups in total. The number of phenolic OH excluding ortho intramolecular Hbond substituents is 8. The summed E-state index contributed by atoms with van der Waals surface area (Å²) < 4.78 is 41.6. The Balaban J connectivity index is 0.000000162. The minimum absolute atomic E-state index is 0.00236. The number of ketones is 5. The number of ether oxygens (including phenoxy) is 2. The predicted octanol–water partition coefficient (Wildman–Crippen LogP) is 11.0. The summed E-state index contributed by atoms with van der Waals surface area (Å²) in [6.45, 7) is 19.4. The Morgan fingerprint density at radius 1 is 0.482 bits per heavy atom. The molecule has 4 aliphatic carbocycles. The van der Waals surface area contributed by atoms with Crippen molar-refractivity contribution in [3.8, 4) is 74.7 Å². The molecule has 6 aromatic carbocycles. The summed E-state index contributed by atoms with van der Waals surface area (Å²) in [4.78, 5) is 131. The number of aliphatic hydroxyl groups excluding tert-OH is 5. The summed E-state index contributed by atoms with van der Waals surface area (Å²) in [5.41, 5.74) is -5.74. The van der Waals surface area contributed by atoms with Crippen molar-refractivity contribution < 1.29 is 162 Å². The number of benzene rings is 6. The number of Topliss-reactive ketones (excluding diaryl/α,β-unsaturated/α-hetero) is 3. The number of hydrogen-bond donors (Lipinski definition) is 20. The third-order valence-electron chi connectivity index (χ3n) is 22.0. The zero-order valence-electron chi connectivity index (χ0n) is 75.6. The average Bonchev–Trinajstić information content (AvgIpc) is 0.734. The number of aliphatic hydroxyl groups is 8. The van der Waals surface area contributed by atoms with Gasteiger partial charge < -0.3 is 143 Å². The van der Waals surface area contributed by atoms with Crippen molar-refractivity contribution >= 4 is 56.6 Å². The van der Waals surface area contributed by atoms with Crippen LogP contribution in [0.4, 0.5) is 0 Å². The second-order valence-electron chi connectivity index (χ2n) is 33.8. The fourth-order valence-electron chi connectivity index (χ4n) is 16.9. The first kappa shape index (κ1) is 103. The average molecular weight is 1920 g/mol. The molecule has 2 unspecified atom stereocenters. The van der Waals surface area contributed by atoms with Crippen LogP contribution in [0.5, 0.6) is 74.7 Å². The van der Waals surface area contributed by atoms with Gasteiger partial charge in [-0.25, -0.2) is 19.2 Å². The van der Waals surface area contributed by atoms with Gasteiger partial charge in [-0.15, -0.1) is 0 Å². The van der Waals surface area contributed by atoms with E-state index in [9.17, 15) is 150 Å². The number of allylic oxidation sites excluding steroid dienone is 4. The van der Waals surface area contributed by atoms with Crippen LogP contribution < -0.4 is 38.1 Å². The lowest BCUT2D eigenvalue weighted by molar-refractivity contribution is -0.123. The minimum atomic E-state index is -1.87. The molecule has 12 aromatic rings. The molecule has 6 aromatic heterocycles. The van der Waals surface area contributed by atoms with Gasteiger partial charge >= 0.3 is 22.5 Å². The monoisotopic (exact) mass is 1920 g/mol. The van der Waals surface area contributed by atoms with Gasteiger partial charge in [0.05, 0.1) is 93.0 Å². The van der Waals surface area contributed by atoms with Gasteiger partial charge in [-0.2, -0.15) is 0 Å². The van der Waals surface area contributed by atoms with Crippen LogP contribution in [-0.2, 0) is 52.8 Å². The minimum Gasteiger partial charge on any atom is -0.511 e. The Kier molecular flexibility index (Phi) is 30.2. The maximum absolute atomic E-state index is 13.2. The van der Waals surface area contributed by atoms with E-state index in [1.165, 1.54) is 113 Å². The van der Waals surface area contributed by atoms with Crippen molar-refractivity contribution in [2.75, 3.05) is 0 Å². The molecule has 39 nitrogen and oxygen atoms in total. The summed E-state index contributed by atoms with van der Waals surface area (Å²) in [5.74, 6) is -8.30. The highest BCUT2D eigenvalue weighted by Gasteiger charge is 2.47. The summed E-state index contributed by atoms with van der Waals surface area (Å²) in [5, 5.41) is 198. The van der Waals surface area contributed by atoms with Crippen molar-refractivity contribution in [3.05, 3.63) is 332 Å². The molecule has 17 rings (SSSR count). The van der Waals surface area contributed by atoms with Crippen molar-refractivity contribution in [1.29, 1.82) is 0 Å². The molecule has 0 radical (unpaired) electrons. The first-order valence-electron chi connectivity index (χ1n) is 42.1. The maximum Gasteiger partial charge on any atom is 0.339 e. The van der Waals surface area contributed by atoms with E-state index in [-0.39, 0.29) is 239 Å². The highest BCUT2D eigenvalue weighted by molar-refractivity contribution is 6.31. The molecule has 7 atom stereocenters. The molecule has 0 fully saturated rings. The maximum atomic E-state index is 13.2.